The third-order valence-electron chi connectivity index (χ3n) is 7.25. The Morgan fingerprint density at radius 1 is 1.20 bits per heavy atom. The molecule has 6 rings (SSSR count). The summed E-state index contributed by atoms with van der Waals surface area (Å²) in [6, 6.07) is 9.79. The van der Waals surface area contributed by atoms with E-state index in [2.05, 4.69) is 37.5 Å². The van der Waals surface area contributed by atoms with Crippen LogP contribution in [0.25, 0.3) is 28.6 Å². The number of carbonyl (C=O) groups excluding carboxylic acids is 1. The highest BCUT2D eigenvalue weighted by molar-refractivity contribution is 6.32. The zero-order chi connectivity index (χ0) is 32.5. The summed E-state index contributed by atoms with van der Waals surface area (Å²) in [5.41, 5.74) is 5.00. The fourth-order valence-electron chi connectivity index (χ4n) is 5.19. The second-order valence-electron chi connectivity index (χ2n) is 10.5. The first-order valence-electron chi connectivity index (χ1n) is 13.8. The van der Waals surface area contributed by atoms with Gasteiger partial charge in [0, 0.05) is 41.9 Å². The summed E-state index contributed by atoms with van der Waals surface area (Å²) in [6.45, 7) is 3.93. The Bertz CT molecular complexity index is 2060. The van der Waals surface area contributed by atoms with Crippen LogP contribution >= 0.6 is 34.8 Å². The van der Waals surface area contributed by atoms with Gasteiger partial charge in [-0.25, -0.2) is 9.78 Å². The summed E-state index contributed by atoms with van der Waals surface area (Å²) in [7, 11) is 1.74. The second-order valence-corrected chi connectivity index (χ2v) is 11.7. The molecular weight excluding hydrogens is 653 g/mol. The Kier molecular flexibility index (Phi) is 8.59. The minimum atomic E-state index is -1.06. The maximum Gasteiger partial charge on any atom is 0.336 e. The maximum atomic E-state index is 13.3. The van der Waals surface area contributed by atoms with Crippen LogP contribution in [0.4, 0.5) is 0 Å². The summed E-state index contributed by atoms with van der Waals surface area (Å²) >= 11 is 19.3. The average molecular weight is 677 g/mol. The van der Waals surface area contributed by atoms with Crippen molar-refractivity contribution in [3.8, 4) is 16.9 Å². The van der Waals surface area contributed by atoms with Gasteiger partial charge in [-0.2, -0.15) is 9.78 Å². The molecule has 0 saturated carbocycles. The van der Waals surface area contributed by atoms with E-state index in [0.29, 0.717) is 61.6 Å². The Morgan fingerprint density at radius 2 is 2.02 bits per heavy atom. The summed E-state index contributed by atoms with van der Waals surface area (Å²) in [5.74, 6) is -1.15. The Labute approximate surface area is 277 Å². The Balaban J connectivity index is 1.32. The quantitative estimate of drug-likeness (QED) is 0.174. The molecule has 0 radical (unpaired) electrons. The molecule has 3 heterocycles. The van der Waals surface area contributed by atoms with Crippen molar-refractivity contribution in [3.05, 3.63) is 117 Å². The largest absolute Gasteiger partial charge is 0.478 e. The van der Waals surface area contributed by atoms with E-state index in [1.165, 1.54) is 17.1 Å². The van der Waals surface area contributed by atoms with Crippen LogP contribution < -0.4 is 5.32 Å². The lowest BCUT2D eigenvalue weighted by Gasteiger charge is -2.17. The molecule has 46 heavy (non-hydrogen) atoms. The highest BCUT2D eigenvalue weighted by Crippen LogP contribution is 2.35. The van der Waals surface area contributed by atoms with Crippen molar-refractivity contribution in [3.63, 3.8) is 0 Å². The van der Waals surface area contributed by atoms with Gasteiger partial charge in [0.15, 0.2) is 0 Å². The van der Waals surface area contributed by atoms with E-state index in [0.717, 1.165) is 5.56 Å². The number of aliphatic carboxylic acids is 1. The molecular formula is C31H24Cl3N9O3. The lowest BCUT2D eigenvalue weighted by Crippen LogP contribution is -2.29. The lowest BCUT2D eigenvalue weighted by molar-refractivity contribution is -0.130. The third-order valence-corrected chi connectivity index (χ3v) is 8.07. The smallest absolute Gasteiger partial charge is 0.336 e. The minimum absolute atomic E-state index is 0.143. The monoisotopic (exact) mass is 675 g/mol. The predicted octanol–water partition coefficient (Wildman–Crippen LogP) is 5.44. The van der Waals surface area contributed by atoms with Crippen molar-refractivity contribution < 1.29 is 14.7 Å². The first-order chi connectivity index (χ1) is 22.0. The van der Waals surface area contributed by atoms with Crippen molar-refractivity contribution in [2.45, 2.75) is 18.9 Å². The maximum absolute atomic E-state index is 13.3. The number of aromatic amines is 1. The minimum Gasteiger partial charge on any atom is -0.478 e. The first-order valence-corrected chi connectivity index (χ1v) is 14.9. The molecule has 0 fully saturated rings. The molecule has 0 aliphatic heterocycles. The fraction of sp³-hybridized carbons (Fsp3) is 0.129. The van der Waals surface area contributed by atoms with E-state index >= 15 is 0 Å². The second kappa shape index (κ2) is 12.8. The SMILES string of the molecule is C=C1C=C(C(=O)O)c2cc(-c3nc([C@H](Cc4nn(C)cc4Cl)NC(=O)/C=C/c4cc(Cl)ccc4-n4cnnn4)[nH]c3Cl)ccc2C1. The van der Waals surface area contributed by atoms with E-state index in [9.17, 15) is 14.7 Å². The molecule has 5 aromatic rings. The number of H-pyrrole nitrogens is 1. The molecule has 0 bridgehead atoms. The van der Waals surface area contributed by atoms with Crippen LogP contribution in [0.15, 0.2) is 73.2 Å². The van der Waals surface area contributed by atoms with Crippen molar-refractivity contribution in [2.75, 3.05) is 0 Å². The van der Waals surface area contributed by atoms with E-state index in [-0.39, 0.29) is 17.1 Å². The number of fused-ring (bicyclic) bond motifs is 1. The van der Waals surface area contributed by atoms with Crippen LogP contribution in [0, 0.1) is 0 Å². The summed E-state index contributed by atoms with van der Waals surface area (Å²) in [6.07, 6.45) is 8.33. The molecule has 3 N–H and O–H groups in total. The molecule has 15 heteroatoms. The number of amides is 1. The van der Waals surface area contributed by atoms with Crippen LogP contribution in [-0.2, 0) is 29.5 Å². The van der Waals surface area contributed by atoms with Gasteiger partial charge >= 0.3 is 5.97 Å². The zero-order valence-electron chi connectivity index (χ0n) is 24.1. The number of hydrogen-bond donors (Lipinski definition) is 3. The van der Waals surface area contributed by atoms with E-state index in [4.69, 9.17) is 39.8 Å². The molecule has 1 atom stereocenters. The van der Waals surface area contributed by atoms with Gasteiger partial charge in [0.25, 0.3) is 0 Å². The Hall–Kier alpha value is -5.04. The van der Waals surface area contributed by atoms with Gasteiger partial charge in [-0.3, -0.25) is 9.48 Å². The van der Waals surface area contributed by atoms with E-state index in [1.807, 2.05) is 12.1 Å². The highest BCUT2D eigenvalue weighted by atomic mass is 35.5. The number of allylic oxidation sites excluding steroid dienone is 2. The number of hydrogen-bond acceptors (Lipinski definition) is 7. The van der Waals surface area contributed by atoms with Crippen LogP contribution in [-0.4, -0.2) is 56.9 Å². The normalized spacial score (nSPS) is 13.5. The van der Waals surface area contributed by atoms with Gasteiger partial charge in [0.1, 0.15) is 23.0 Å². The third kappa shape index (κ3) is 6.50. The van der Waals surface area contributed by atoms with Crippen molar-refractivity contribution in [2.24, 2.45) is 7.05 Å². The van der Waals surface area contributed by atoms with Gasteiger partial charge in [0.2, 0.25) is 5.91 Å². The standard InChI is InChI=1S/C31H24Cl3N9O3/c1-16-9-17-3-4-19(12-21(17)22(10-16)31(45)46)28-29(34)38-30(37-28)25(13-24-23(33)14-42(2)39-24)36-27(44)8-5-18-11-20(32)6-7-26(18)43-15-35-40-41-43/h3-8,10-12,14-15,25H,1,9,13H2,2H3,(H,36,44)(H,37,38)(H,45,46)/b8-5+/t25-/m0/s1. The number of nitrogens with zero attached hydrogens (tertiary/aromatic N) is 7. The van der Waals surface area contributed by atoms with Gasteiger partial charge in [0.05, 0.1) is 28.0 Å². The number of carboxylic acids is 1. The van der Waals surface area contributed by atoms with Crippen molar-refractivity contribution in [1.29, 1.82) is 0 Å². The predicted molar refractivity (Wildman–Crippen MR) is 173 cm³/mol. The number of halogens is 3. The molecule has 1 aliphatic carbocycles. The van der Waals surface area contributed by atoms with Crippen molar-refractivity contribution >= 4 is 58.3 Å². The number of tetrazole rings is 1. The molecule has 0 spiro atoms. The summed E-state index contributed by atoms with van der Waals surface area (Å²) in [5, 5.41) is 29.5. The summed E-state index contributed by atoms with van der Waals surface area (Å²) < 4.78 is 3.03. The van der Waals surface area contributed by atoms with Gasteiger partial charge in [-0.05, 0) is 70.0 Å². The lowest BCUT2D eigenvalue weighted by atomic mass is 9.87. The van der Waals surface area contributed by atoms with Crippen LogP contribution in [0.5, 0.6) is 0 Å². The number of carbonyl (C=O) groups is 2. The number of benzene rings is 2. The van der Waals surface area contributed by atoms with E-state index in [1.54, 1.807) is 54.3 Å². The zero-order valence-corrected chi connectivity index (χ0v) is 26.3. The number of rotatable bonds is 9. The molecule has 1 amide bonds. The molecule has 12 nitrogen and oxygen atoms in total. The number of aromatic nitrogens is 8. The highest BCUT2D eigenvalue weighted by Gasteiger charge is 2.25. The first kappa shape index (κ1) is 31.0. The van der Waals surface area contributed by atoms with Gasteiger partial charge in [-0.15, -0.1) is 5.10 Å². The molecule has 3 aromatic heterocycles. The number of imidazole rings is 1. The average Bonchev–Trinajstić information content (AvgIpc) is 3.75. The number of carboxylic acid groups (broad SMARTS) is 1. The summed E-state index contributed by atoms with van der Waals surface area (Å²) in [4.78, 5) is 33.1. The number of nitrogens with one attached hydrogen (secondary N) is 2. The molecule has 0 saturated heterocycles. The molecule has 232 valence electrons. The molecule has 1 aliphatic rings. The topological polar surface area (TPSA) is 156 Å². The van der Waals surface area contributed by atoms with Crippen LogP contribution in [0.1, 0.15) is 34.3 Å². The van der Waals surface area contributed by atoms with Crippen LogP contribution in [0.2, 0.25) is 15.2 Å². The van der Waals surface area contributed by atoms with E-state index < -0.39 is 17.9 Å². The van der Waals surface area contributed by atoms with Gasteiger partial charge in [-0.1, -0.05) is 53.5 Å². The van der Waals surface area contributed by atoms with Crippen LogP contribution in [0.3, 0.4) is 0 Å². The Morgan fingerprint density at radius 3 is 2.74 bits per heavy atom. The number of aryl methyl sites for hydroxylation is 1. The van der Waals surface area contributed by atoms with Crippen molar-refractivity contribution in [1.82, 2.24) is 45.3 Å². The molecule has 0 unspecified atom stereocenters. The van der Waals surface area contributed by atoms with Gasteiger partial charge < -0.3 is 15.4 Å². The fourth-order valence-corrected chi connectivity index (χ4v) is 5.87. The molecule has 2 aromatic carbocycles.